The number of nitrogens with two attached hydrogens (primary N) is 1. The molecule has 1 atom stereocenters. The number of aromatic nitrogens is 1. The number of amides is 1. The fourth-order valence-corrected chi connectivity index (χ4v) is 2.32. The summed E-state index contributed by atoms with van der Waals surface area (Å²) < 4.78 is 5.10. The lowest BCUT2D eigenvalue weighted by Gasteiger charge is -2.22. The Labute approximate surface area is 133 Å². The Hall–Kier alpha value is -2.70. The van der Waals surface area contributed by atoms with Crippen LogP contribution in [0.1, 0.15) is 26.3 Å². The normalized spacial score (nSPS) is 12.8. The van der Waals surface area contributed by atoms with Gasteiger partial charge in [0.1, 0.15) is 11.6 Å². The highest BCUT2D eigenvalue weighted by Gasteiger charge is 2.25. The van der Waals surface area contributed by atoms with E-state index in [1.165, 1.54) is 0 Å². The number of nitrogen functional groups attached to an aromatic ring is 1. The molecule has 0 aliphatic rings. The van der Waals surface area contributed by atoms with E-state index < -0.39 is 23.7 Å². The Kier molecular flexibility index (Phi) is 4.49. The number of hydrogen-bond acceptors (Lipinski definition) is 4. The average Bonchev–Trinajstić information content (AvgIpc) is 2.80. The molecule has 23 heavy (non-hydrogen) atoms. The Morgan fingerprint density at radius 2 is 2.09 bits per heavy atom. The highest BCUT2D eigenvalue weighted by Crippen LogP contribution is 2.25. The Morgan fingerprint density at radius 3 is 2.70 bits per heavy atom. The molecule has 0 bridgehead atoms. The minimum atomic E-state index is -1.14. The molecule has 2 rings (SSSR count). The summed E-state index contributed by atoms with van der Waals surface area (Å²) >= 11 is 0. The van der Waals surface area contributed by atoms with Crippen molar-refractivity contribution in [3.8, 4) is 0 Å². The second-order valence-electron chi connectivity index (χ2n) is 6.32. The van der Waals surface area contributed by atoms with E-state index in [1.54, 1.807) is 33.0 Å². The maximum Gasteiger partial charge on any atom is 0.408 e. The summed E-state index contributed by atoms with van der Waals surface area (Å²) in [4.78, 5) is 26.3. The quantitative estimate of drug-likeness (QED) is 0.645. The first kappa shape index (κ1) is 16.7. The Bertz CT molecular complexity index is 730. The van der Waals surface area contributed by atoms with E-state index in [0.29, 0.717) is 5.69 Å². The van der Waals surface area contributed by atoms with Gasteiger partial charge in [0.25, 0.3) is 0 Å². The zero-order valence-electron chi connectivity index (χ0n) is 13.3. The minimum Gasteiger partial charge on any atom is -0.480 e. The van der Waals surface area contributed by atoms with E-state index in [-0.39, 0.29) is 6.42 Å². The first-order valence-electron chi connectivity index (χ1n) is 7.24. The Balaban J connectivity index is 2.19. The average molecular weight is 319 g/mol. The molecule has 124 valence electrons. The molecule has 0 spiro atoms. The van der Waals surface area contributed by atoms with Gasteiger partial charge in [-0.05, 0) is 38.5 Å². The molecule has 0 saturated carbocycles. The van der Waals surface area contributed by atoms with Gasteiger partial charge < -0.3 is 25.9 Å². The third-order valence-corrected chi connectivity index (χ3v) is 3.23. The van der Waals surface area contributed by atoms with Crippen LogP contribution in [0.5, 0.6) is 0 Å². The maximum atomic E-state index is 11.8. The maximum absolute atomic E-state index is 11.8. The van der Waals surface area contributed by atoms with Gasteiger partial charge in [-0.25, -0.2) is 9.59 Å². The molecule has 5 N–H and O–H groups in total. The predicted molar refractivity (Wildman–Crippen MR) is 87.2 cm³/mol. The number of alkyl carbamates (subject to hydrolysis) is 1. The molecule has 0 radical (unpaired) electrons. The smallest absolute Gasteiger partial charge is 0.408 e. The number of anilines is 1. The zero-order chi connectivity index (χ0) is 17.2. The lowest BCUT2D eigenvalue weighted by atomic mass is 10.0. The van der Waals surface area contributed by atoms with Crippen molar-refractivity contribution >= 4 is 28.7 Å². The lowest BCUT2D eigenvalue weighted by molar-refractivity contribution is -0.139. The summed E-state index contributed by atoms with van der Waals surface area (Å²) in [7, 11) is 0. The molecule has 1 amide bonds. The number of carboxylic acid groups (broad SMARTS) is 1. The van der Waals surface area contributed by atoms with Crippen LogP contribution in [0.25, 0.3) is 10.9 Å². The number of ether oxygens (including phenoxy) is 1. The molecule has 0 aliphatic carbocycles. The number of benzene rings is 1. The van der Waals surface area contributed by atoms with E-state index in [0.717, 1.165) is 16.5 Å². The van der Waals surface area contributed by atoms with Crippen molar-refractivity contribution in [2.45, 2.75) is 38.8 Å². The van der Waals surface area contributed by atoms with Crippen molar-refractivity contribution in [2.24, 2.45) is 0 Å². The predicted octanol–water partition coefficient (Wildman–Crippen LogP) is 2.27. The van der Waals surface area contributed by atoms with Crippen molar-refractivity contribution in [3.63, 3.8) is 0 Å². The lowest BCUT2D eigenvalue weighted by Crippen LogP contribution is -2.44. The van der Waals surface area contributed by atoms with Crippen LogP contribution >= 0.6 is 0 Å². The topological polar surface area (TPSA) is 117 Å². The molecule has 7 nitrogen and oxygen atoms in total. The van der Waals surface area contributed by atoms with Gasteiger partial charge in [-0.1, -0.05) is 6.07 Å². The van der Waals surface area contributed by atoms with Crippen molar-refractivity contribution in [3.05, 3.63) is 30.0 Å². The first-order valence-corrected chi connectivity index (χ1v) is 7.24. The van der Waals surface area contributed by atoms with E-state index in [1.807, 2.05) is 12.1 Å². The minimum absolute atomic E-state index is 0.1000. The first-order chi connectivity index (χ1) is 10.7. The van der Waals surface area contributed by atoms with Gasteiger partial charge in [0.2, 0.25) is 0 Å². The fraction of sp³-hybridized carbons (Fsp3) is 0.375. The number of H-pyrrole nitrogens is 1. The number of nitrogens with one attached hydrogen (secondary N) is 2. The number of hydrogen-bond donors (Lipinski definition) is 4. The third kappa shape index (κ3) is 4.15. The highest BCUT2D eigenvalue weighted by molar-refractivity contribution is 5.94. The van der Waals surface area contributed by atoms with Crippen molar-refractivity contribution in [1.29, 1.82) is 0 Å². The van der Waals surface area contributed by atoms with Crippen molar-refractivity contribution in [2.75, 3.05) is 5.73 Å². The summed E-state index contributed by atoms with van der Waals surface area (Å²) in [5, 5.41) is 12.5. The van der Waals surface area contributed by atoms with Gasteiger partial charge in [-0.2, -0.15) is 0 Å². The van der Waals surface area contributed by atoms with Gasteiger partial charge >= 0.3 is 12.1 Å². The second-order valence-corrected chi connectivity index (χ2v) is 6.32. The standard InChI is InChI=1S/C16H21N3O4/c1-16(2,3)23-15(22)19-12(14(20)21)7-9-8-18-11-6-4-5-10(17)13(9)11/h4-6,8,12,18H,7,17H2,1-3H3,(H,19,22)(H,20,21). The molecular formula is C16H21N3O4. The summed E-state index contributed by atoms with van der Waals surface area (Å²) in [5.41, 5.74) is 7.36. The summed E-state index contributed by atoms with van der Waals surface area (Å²) in [5.74, 6) is -1.14. The summed E-state index contributed by atoms with van der Waals surface area (Å²) in [6.07, 6.45) is 1.04. The van der Waals surface area contributed by atoms with Crippen LogP contribution in [0.2, 0.25) is 0 Å². The van der Waals surface area contributed by atoms with Crippen LogP contribution in [0.4, 0.5) is 10.5 Å². The summed E-state index contributed by atoms with van der Waals surface area (Å²) in [6.45, 7) is 5.13. The molecule has 1 aromatic heterocycles. The Morgan fingerprint density at radius 1 is 1.39 bits per heavy atom. The van der Waals surface area contributed by atoms with Gasteiger partial charge in [0.15, 0.2) is 0 Å². The number of carboxylic acids is 1. The van der Waals surface area contributed by atoms with E-state index in [9.17, 15) is 14.7 Å². The van der Waals surface area contributed by atoms with Crippen LogP contribution in [0.15, 0.2) is 24.4 Å². The molecule has 0 fully saturated rings. The number of fused-ring (bicyclic) bond motifs is 1. The van der Waals surface area contributed by atoms with Crippen LogP contribution in [-0.2, 0) is 16.0 Å². The van der Waals surface area contributed by atoms with Crippen molar-refractivity contribution in [1.82, 2.24) is 10.3 Å². The van der Waals surface area contributed by atoms with Gasteiger partial charge in [0.05, 0.1) is 0 Å². The van der Waals surface area contributed by atoms with Crippen LogP contribution in [-0.4, -0.2) is 33.8 Å². The molecule has 1 heterocycles. The second kappa shape index (κ2) is 6.20. The van der Waals surface area contributed by atoms with E-state index >= 15 is 0 Å². The largest absolute Gasteiger partial charge is 0.480 e. The van der Waals surface area contributed by atoms with Crippen LogP contribution < -0.4 is 11.1 Å². The molecule has 0 aliphatic heterocycles. The molecule has 7 heteroatoms. The van der Waals surface area contributed by atoms with Crippen LogP contribution in [0, 0.1) is 0 Å². The molecule has 1 aromatic carbocycles. The monoisotopic (exact) mass is 319 g/mol. The fourth-order valence-electron chi connectivity index (χ4n) is 2.32. The number of carbonyl (C=O) groups excluding carboxylic acids is 1. The van der Waals surface area contributed by atoms with E-state index in [4.69, 9.17) is 10.5 Å². The van der Waals surface area contributed by atoms with Crippen LogP contribution in [0.3, 0.4) is 0 Å². The molecular weight excluding hydrogens is 298 g/mol. The SMILES string of the molecule is CC(C)(C)OC(=O)NC(Cc1c[nH]c2cccc(N)c12)C(=O)O. The molecule has 2 aromatic rings. The van der Waals surface area contributed by atoms with Crippen molar-refractivity contribution < 1.29 is 19.4 Å². The molecule has 1 unspecified atom stereocenters. The number of aliphatic carboxylic acids is 1. The van der Waals surface area contributed by atoms with Gasteiger partial charge in [0, 0.05) is 29.2 Å². The highest BCUT2D eigenvalue weighted by atomic mass is 16.6. The van der Waals surface area contributed by atoms with Gasteiger partial charge in [-0.15, -0.1) is 0 Å². The number of aromatic amines is 1. The number of carbonyl (C=O) groups is 2. The third-order valence-electron chi connectivity index (χ3n) is 3.23. The zero-order valence-corrected chi connectivity index (χ0v) is 13.3. The molecule has 0 saturated heterocycles. The number of rotatable bonds is 4. The van der Waals surface area contributed by atoms with E-state index in [2.05, 4.69) is 10.3 Å². The van der Waals surface area contributed by atoms with Gasteiger partial charge in [-0.3, -0.25) is 0 Å². The summed E-state index contributed by atoms with van der Waals surface area (Å²) in [6, 6.07) is 4.30.